The Bertz CT molecular complexity index is 1790. The van der Waals surface area contributed by atoms with Crippen LogP contribution in [0.2, 0.25) is 0 Å². The van der Waals surface area contributed by atoms with Crippen LogP contribution in [0.4, 0.5) is 0 Å². The number of fused-ring (bicyclic) bond motifs is 1. The van der Waals surface area contributed by atoms with Crippen molar-refractivity contribution in [3.05, 3.63) is 80.5 Å². The molecule has 0 aliphatic heterocycles. The molecule has 10 nitrogen and oxygen atoms in total. The molecule has 218 valence electrons. The Morgan fingerprint density at radius 1 is 1.07 bits per heavy atom. The van der Waals surface area contributed by atoms with E-state index in [4.69, 9.17) is 4.74 Å². The number of carboxylic acid groups (broad SMARTS) is 1. The molecule has 2 N–H and O–H groups in total. The molecule has 0 fully saturated rings. The summed E-state index contributed by atoms with van der Waals surface area (Å²) >= 11 is 2.70. The number of aromatic nitrogens is 2. The molecule has 0 saturated carbocycles. The van der Waals surface area contributed by atoms with E-state index in [9.17, 15) is 27.9 Å². The van der Waals surface area contributed by atoms with Gasteiger partial charge in [0, 0.05) is 21.9 Å². The average molecular weight is 618 g/mol. The Labute approximate surface area is 245 Å². The van der Waals surface area contributed by atoms with Gasteiger partial charge in [0.25, 0.3) is 5.56 Å². The number of carbonyl (C=O) groups is 1. The second-order valence-corrected chi connectivity index (χ2v) is 13.1. The molecule has 0 atom stereocenters. The first-order valence-corrected chi connectivity index (χ1v) is 16.6. The second kappa shape index (κ2) is 13.1. The normalized spacial score (nSPS) is 11.7. The predicted molar refractivity (Wildman–Crippen MR) is 163 cm³/mol. The highest BCUT2D eigenvalue weighted by atomic mass is 32.2. The number of thiophene rings is 1. The zero-order valence-corrected chi connectivity index (χ0v) is 25.3. The number of nitrogens with zero attached hydrogens (tertiary/aromatic N) is 2. The van der Waals surface area contributed by atoms with Crippen LogP contribution in [0.3, 0.4) is 0 Å². The average Bonchev–Trinajstić information content (AvgIpc) is 3.35. The molecule has 4 rings (SSSR count). The zero-order valence-electron chi connectivity index (χ0n) is 22.9. The number of thioether (sulfide) groups is 1. The number of aliphatic carboxylic acids is 1. The molecule has 0 aliphatic carbocycles. The van der Waals surface area contributed by atoms with Crippen molar-refractivity contribution in [1.29, 1.82) is 0 Å². The van der Waals surface area contributed by atoms with Crippen molar-refractivity contribution in [2.75, 3.05) is 18.6 Å². The summed E-state index contributed by atoms with van der Waals surface area (Å²) in [5.41, 5.74) is 0.369. The number of carboxylic acids is 1. The number of sulfonamides is 1. The van der Waals surface area contributed by atoms with E-state index in [2.05, 4.69) is 4.72 Å². The molecule has 2 aromatic carbocycles. The molecule has 0 spiro atoms. The number of hydrogen-bond donors (Lipinski definition) is 2. The minimum Gasteiger partial charge on any atom is -0.494 e. The van der Waals surface area contributed by atoms with E-state index in [1.807, 2.05) is 49.6 Å². The van der Waals surface area contributed by atoms with Gasteiger partial charge < -0.3 is 9.84 Å². The van der Waals surface area contributed by atoms with Crippen molar-refractivity contribution < 1.29 is 23.1 Å². The van der Waals surface area contributed by atoms with Gasteiger partial charge in [0.15, 0.2) is 0 Å². The third-order valence-electron chi connectivity index (χ3n) is 6.41. The van der Waals surface area contributed by atoms with E-state index >= 15 is 0 Å². The van der Waals surface area contributed by atoms with Gasteiger partial charge in [0.1, 0.15) is 17.1 Å². The van der Waals surface area contributed by atoms with Gasteiger partial charge in [-0.1, -0.05) is 25.1 Å². The molecule has 2 heterocycles. The molecular formula is C28H31N3O7S3. The van der Waals surface area contributed by atoms with E-state index in [1.54, 1.807) is 12.1 Å². The first-order chi connectivity index (χ1) is 19.6. The molecule has 0 radical (unpaired) electrons. The van der Waals surface area contributed by atoms with Crippen LogP contribution in [-0.2, 0) is 34.5 Å². The Kier molecular flexibility index (Phi) is 9.74. The molecular weight excluding hydrogens is 587 g/mol. The van der Waals surface area contributed by atoms with Gasteiger partial charge in [-0.25, -0.2) is 22.5 Å². The van der Waals surface area contributed by atoms with Crippen molar-refractivity contribution in [3.8, 4) is 16.2 Å². The third-order valence-corrected chi connectivity index (χ3v) is 9.89. The Hall–Kier alpha value is -3.39. The van der Waals surface area contributed by atoms with Crippen LogP contribution < -0.4 is 20.7 Å². The van der Waals surface area contributed by atoms with E-state index in [1.165, 1.54) is 34.6 Å². The lowest BCUT2D eigenvalue weighted by molar-refractivity contribution is -0.137. The highest BCUT2D eigenvalue weighted by Crippen LogP contribution is 2.38. The summed E-state index contributed by atoms with van der Waals surface area (Å²) < 4.78 is 35.2. The van der Waals surface area contributed by atoms with Crippen LogP contribution in [0.1, 0.15) is 31.4 Å². The van der Waals surface area contributed by atoms with Crippen LogP contribution >= 0.6 is 23.1 Å². The summed E-state index contributed by atoms with van der Waals surface area (Å²) in [6.45, 7) is 3.12. The second-order valence-electron chi connectivity index (χ2n) is 9.15. The van der Waals surface area contributed by atoms with Crippen molar-refractivity contribution in [1.82, 2.24) is 13.9 Å². The number of rotatable bonds is 13. The van der Waals surface area contributed by atoms with Crippen molar-refractivity contribution >= 4 is 49.3 Å². The monoisotopic (exact) mass is 617 g/mol. The smallest absolute Gasteiger partial charge is 0.332 e. The van der Waals surface area contributed by atoms with Crippen LogP contribution in [0.15, 0.2) is 63.0 Å². The standard InChI is InChI=1S/C28H31N3O7S3/c1-4-14-38-20-12-10-18(11-13-20)25-21(15-29-41(36,37)5-2)24-26(34)30(17-23(32)33)28(35)31(27(24)40-25)16-19-8-6-7-9-22(19)39-3/h6-13,29H,4-5,14-17H2,1-3H3,(H,32,33). The van der Waals surface area contributed by atoms with Gasteiger partial charge in [-0.15, -0.1) is 23.1 Å². The van der Waals surface area contributed by atoms with Crippen molar-refractivity contribution in [3.63, 3.8) is 0 Å². The van der Waals surface area contributed by atoms with Gasteiger partial charge in [-0.2, -0.15) is 0 Å². The van der Waals surface area contributed by atoms with Gasteiger partial charge >= 0.3 is 11.7 Å². The van der Waals surface area contributed by atoms with E-state index in [0.29, 0.717) is 37.8 Å². The van der Waals surface area contributed by atoms with Crippen molar-refractivity contribution in [2.24, 2.45) is 0 Å². The van der Waals surface area contributed by atoms with Crippen LogP contribution in [0.5, 0.6) is 5.75 Å². The molecule has 0 unspecified atom stereocenters. The first kappa shape index (κ1) is 30.6. The molecule has 2 aromatic heterocycles. The molecule has 0 bridgehead atoms. The van der Waals surface area contributed by atoms with Crippen LogP contribution in [0, 0.1) is 0 Å². The van der Waals surface area contributed by atoms with Gasteiger partial charge in [0.05, 0.1) is 24.3 Å². The van der Waals surface area contributed by atoms with Gasteiger partial charge in [-0.05, 0) is 61.1 Å². The largest absolute Gasteiger partial charge is 0.494 e. The Morgan fingerprint density at radius 2 is 1.78 bits per heavy atom. The van der Waals surface area contributed by atoms with Gasteiger partial charge in [0.2, 0.25) is 10.0 Å². The summed E-state index contributed by atoms with van der Waals surface area (Å²) in [7, 11) is -3.64. The SMILES string of the molecule is CCCOc1ccc(-c2sc3c(c2CNS(=O)(=O)CC)c(=O)n(CC(=O)O)c(=O)n3Cc2ccccc2SC)cc1. The number of ether oxygens (including phenoxy) is 1. The van der Waals surface area contributed by atoms with Crippen LogP contribution in [-0.4, -0.2) is 47.2 Å². The highest BCUT2D eigenvalue weighted by Gasteiger charge is 2.25. The summed E-state index contributed by atoms with van der Waals surface area (Å²) in [5.74, 6) is -0.835. The quantitative estimate of drug-likeness (QED) is 0.215. The molecule has 0 saturated heterocycles. The topological polar surface area (TPSA) is 137 Å². The highest BCUT2D eigenvalue weighted by molar-refractivity contribution is 7.98. The first-order valence-electron chi connectivity index (χ1n) is 12.9. The molecule has 0 amide bonds. The Morgan fingerprint density at radius 3 is 2.41 bits per heavy atom. The van der Waals surface area contributed by atoms with Crippen molar-refractivity contribution in [2.45, 2.75) is 44.8 Å². The summed E-state index contributed by atoms with van der Waals surface area (Å²) in [5, 5.41) is 9.63. The summed E-state index contributed by atoms with van der Waals surface area (Å²) in [6.07, 6.45) is 2.76. The number of benzene rings is 2. The fourth-order valence-electron chi connectivity index (χ4n) is 4.34. The fourth-order valence-corrected chi connectivity index (χ4v) is 6.83. The fraction of sp³-hybridized carbons (Fsp3) is 0.321. The lowest BCUT2D eigenvalue weighted by Gasteiger charge is -2.13. The predicted octanol–water partition coefficient (Wildman–Crippen LogP) is 3.97. The maximum Gasteiger partial charge on any atom is 0.332 e. The lowest BCUT2D eigenvalue weighted by Crippen LogP contribution is -2.41. The maximum absolute atomic E-state index is 13.7. The molecule has 41 heavy (non-hydrogen) atoms. The molecule has 0 aliphatic rings. The number of hydrogen-bond acceptors (Lipinski definition) is 8. The van der Waals surface area contributed by atoms with E-state index in [0.717, 1.165) is 16.9 Å². The molecule has 4 aromatic rings. The lowest BCUT2D eigenvalue weighted by atomic mass is 10.1. The summed E-state index contributed by atoms with van der Waals surface area (Å²) in [6, 6.07) is 14.7. The molecule has 13 heteroatoms. The third kappa shape index (κ3) is 6.75. The maximum atomic E-state index is 13.7. The minimum absolute atomic E-state index is 0.0934. The van der Waals surface area contributed by atoms with Gasteiger partial charge in [-0.3, -0.25) is 14.2 Å². The minimum atomic E-state index is -3.64. The van der Waals surface area contributed by atoms with Crippen LogP contribution in [0.25, 0.3) is 20.7 Å². The Balaban J connectivity index is 2.02. The van der Waals surface area contributed by atoms with E-state index in [-0.39, 0.29) is 24.2 Å². The summed E-state index contributed by atoms with van der Waals surface area (Å²) in [4.78, 5) is 40.9. The number of nitrogens with one attached hydrogen (secondary N) is 1. The zero-order chi connectivity index (χ0) is 29.7. The van der Waals surface area contributed by atoms with E-state index < -0.39 is 33.8 Å².